The van der Waals surface area contributed by atoms with Crippen LogP contribution in [0.1, 0.15) is 0 Å². The Balaban J connectivity index is 2.00. The van der Waals surface area contributed by atoms with Crippen LogP contribution in [0.2, 0.25) is 0 Å². The van der Waals surface area contributed by atoms with Crippen LogP contribution in [0.3, 0.4) is 0 Å². The van der Waals surface area contributed by atoms with Crippen molar-refractivity contribution in [3.8, 4) is 22.9 Å². The normalized spacial score (nSPS) is 10.1. The van der Waals surface area contributed by atoms with Crippen LogP contribution in [0, 0.1) is 0 Å². The molecule has 3 rings (SSSR count). The Kier molecular flexibility index (Phi) is 5.89. The Bertz CT molecular complexity index is 913. The Morgan fingerprint density at radius 3 is 2.44 bits per heavy atom. The SMILES string of the molecule is C=CCNc1cc(Nc2cc(OC)ccc2OC)nc(-c2ccccc2)n1. The maximum atomic E-state index is 5.44. The van der Waals surface area contributed by atoms with Gasteiger partial charge in [0.05, 0.1) is 19.9 Å². The summed E-state index contributed by atoms with van der Waals surface area (Å²) in [6.07, 6.45) is 1.78. The third kappa shape index (κ3) is 4.55. The number of hydrogen-bond donors (Lipinski definition) is 2. The van der Waals surface area contributed by atoms with E-state index < -0.39 is 0 Å². The van der Waals surface area contributed by atoms with Crippen molar-refractivity contribution < 1.29 is 9.47 Å². The molecule has 0 saturated heterocycles. The van der Waals surface area contributed by atoms with E-state index in [2.05, 4.69) is 27.2 Å². The van der Waals surface area contributed by atoms with Crippen molar-refractivity contribution in [2.24, 2.45) is 0 Å². The highest BCUT2D eigenvalue weighted by Crippen LogP contribution is 2.32. The van der Waals surface area contributed by atoms with Gasteiger partial charge in [-0.2, -0.15) is 0 Å². The Morgan fingerprint density at radius 2 is 1.74 bits per heavy atom. The average molecular weight is 362 g/mol. The van der Waals surface area contributed by atoms with E-state index in [0.29, 0.717) is 29.8 Å². The Hall–Kier alpha value is -3.54. The smallest absolute Gasteiger partial charge is 0.163 e. The molecule has 0 aliphatic carbocycles. The summed E-state index contributed by atoms with van der Waals surface area (Å²) in [5.74, 6) is 3.38. The highest BCUT2D eigenvalue weighted by molar-refractivity contribution is 5.69. The zero-order valence-electron chi connectivity index (χ0n) is 15.4. The van der Waals surface area contributed by atoms with Crippen LogP contribution < -0.4 is 20.1 Å². The van der Waals surface area contributed by atoms with E-state index in [1.165, 1.54) is 0 Å². The summed E-state index contributed by atoms with van der Waals surface area (Å²) in [7, 11) is 3.25. The van der Waals surface area contributed by atoms with Crippen molar-refractivity contribution in [3.63, 3.8) is 0 Å². The van der Waals surface area contributed by atoms with Crippen LogP contribution in [-0.2, 0) is 0 Å². The summed E-state index contributed by atoms with van der Waals surface area (Å²) < 4.78 is 10.7. The summed E-state index contributed by atoms with van der Waals surface area (Å²) in [5.41, 5.74) is 1.68. The van der Waals surface area contributed by atoms with Crippen molar-refractivity contribution in [2.45, 2.75) is 0 Å². The minimum atomic E-state index is 0.604. The third-order valence-corrected chi connectivity index (χ3v) is 3.86. The minimum Gasteiger partial charge on any atom is -0.497 e. The molecule has 0 aliphatic heterocycles. The minimum absolute atomic E-state index is 0.604. The fourth-order valence-corrected chi connectivity index (χ4v) is 2.54. The Morgan fingerprint density at radius 1 is 0.963 bits per heavy atom. The van der Waals surface area contributed by atoms with E-state index in [9.17, 15) is 0 Å². The molecule has 138 valence electrons. The van der Waals surface area contributed by atoms with E-state index in [1.54, 1.807) is 20.3 Å². The number of benzene rings is 2. The lowest BCUT2D eigenvalue weighted by atomic mass is 10.2. The highest BCUT2D eigenvalue weighted by atomic mass is 16.5. The number of aromatic nitrogens is 2. The van der Waals surface area contributed by atoms with Crippen molar-refractivity contribution in [1.82, 2.24) is 9.97 Å². The van der Waals surface area contributed by atoms with Gasteiger partial charge in [0.1, 0.15) is 23.1 Å². The zero-order valence-corrected chi connectivity index (χ0v) is 15.4. The van der Waals surface area contributed by atoms with Gasteiger partial charge in [-0.3, -0.25) is 0 Å². The predicted octanol–water partition coefficient (Wildman–Crippen LogP) is 4.50. The van der Waals surface area contributed by atoms with Crippen molar-refractivity contribution in [3.05, 3.63) is 67.3 Å². The maximum absolute atomic E-state index is 5.44. The molecule has 1 heterocycles. The molecule has 0 spiro atoms. The molecular weight excluding hydrogens is 340 g/mol. The second-order valence-electron chi connectivity index (χ2n) is 5.69. The molecule has 0 fully saturated rings. The van der Waals surface area contributed by atoms with E-state index in [1.807, 2.05) is 54.6 Å². The fourth-order valence-electron chi connectivity index (χ4n) is 2.54. The summed E-state index contributed by atoms with van der Waals surface area (Å²) in [6, 6.07) is 17.2. The summed E-state index contributed by atoms with van der Waals surface area (Å²) >= 11 is 0. The van der Waals surface area contributed by atoms with Crippen LogP contribution in [0.25, 0.3) is 11.4 Å². The molecule has 3 aromatic rings. The van der Waals surface area contributed by atoms with Gasteiger partial charge in [0, 0.05) is 24.2 Å². The van der Waals surface area contributed by atoms with Gasteiger partial charge in [0.15, 0.2) is 5.82 Å². The Labute approximate surface area is 158 Å². The molecule has 6 nitrogen and oxygen atoms in total. The van der Waals surface area contributed by atoms with E-state index >= 15 is 0 Å². The third-order valence-electron chi connectivity index (χ3n) is 3.86. The average Bonchev–Trinajstić information content (AvgIpc) is 2.72. The number of hydrogen-bond acceptors (Lipinski definition) is 6. The van der Waals surface area contributed by atoms with Crippen molar-refractivity contribution in [2.75, 3.05) is 31.4 Å². The van der Waals surface area contributed by atoms with Gasteiger partial charge in [0.2, 0.25) is 0 Å². The number of nitrogens with zero attached hydrogens (tertiary/aromatic N) is 2. The van der Waals surface area contributed by atoms with Gasteiger partial charge in [-0.25, -0.2) is 9.97 Å². The molecule has 0 bridgehead atoms. The molecule has 2 aromatic carbocycles. The molecule has 0 saturated carbocycles. The molecule has 2 N–H and O–H groups in total. The highest BCUT2D eigenvalue weighted by Gasteiger charge is 2.10. The van der Waals surface area contributed by atoms with Crippen LogP contribution >= 0.6 is 0 Å². The first kappa shape index (κ1) is 18.3. The van der Waals surface area contributed by atoms with Crippen LogP contribution in [0.4, 0.5) is 17.3 Å². The molecule has 27 heavy (non-hydrogen) atoms. The summed E-state index contributed by atoms with van der Waals surface area (Å²) in [5, 5.41) is 6.52. The van der Waals surface area contributed by atoms with Crippen molar-refractivity contribution >= 4 is 17.3 Å². The lowest BCUT2D eigenvalue weighted by Gasteiger charge is -2.14. The van der Waals surface area contributed by atoms with E-state index in [-0.39, 0.29) is 0 Å². The fraction of sp³-hybridized carbons (Fsp3) is 0.143. The summed E-state index contributed by atoms with van der Waals surface area (Å²) in [4.78, 5) is 9.25. The number of methoxy groups -OCH3 is 2. The van der Waals surface area contributed by atoms with Crippen LogP contribution in [0.15, 0.2) is 67.3 Å². The number of anilines is 3. The summed E-state index contributed by atoms with van der Waals surface area (Å²) in [6.45, 7) is 4.34. The molecule has 0 aliphatic rings. The van der Waals surface area contributed by atoms with Gasteiger partial charge >= 0.3 is 0 Å². The van der Waals surface area contributed by atoms with Gasteiger partial charge in [-0.05, 0) is 12.1 Å². The number of ether oxygens (including phenoxy) is 2. The predicted molar refractivity (Wildman–Crippen MR) is 109 cm³/mol. The number of rotatable bonds is 8. The molecular formula is C21H22N4O2. The zero-order chi connectivity index (χ0) is 19.1. The van der Waals surface area contributed by atoms with E-state index in [4.69, 9.17) is 9.47 Å². The number of nitrogens with one attached hydrogen (secondary N) is 2. The van der Waals surface area contributed by atoms with Gasteiger partial charge in [-0.15, -0.1) is 6.58 Å². The largest absolute Gasteiger partial charge is 0.497 e. The lowest BCUT2D eigenvalue weighted by Crippen LogP contribution is -2.05. The van der Waals surface area contributed by atoms with Crippen LogP contribution in [0.5, 0.6) is 11.5 Å². The van der Waals surface area contributed by atoms with Gasteiger partial charge in [-0.1, -0.05) is 36.4 Å². The molecule has 1 aromatic heterocycles. The quantitative estimate of drug-likeness (QED) is 0.575. The van der Waals surface area contributed by atoms with E-state index in [0.717, 1.165) is 17.0 Å². The standard InChI is InChI=1S/C21H22N4O2/c1-4-12-22-19-14-20(25-21(24-19)15-8-6-5-7-9-15)23-17-13-16(26-2)10-11-18(17)27-3/h4-11,13-14H,1,12H2,2-3H3,(H2,22,23,24,25). The molecule has 0 unspecified atom stereocenters. The van der Waals surface area contributed by atoms with Crippen molar-refractivity contribution in [1.29, 1.82) is 0 Å². The second kappa shape index (κ2) is 8.71. The monoisotopic (exact) mass is 362 g/mol. The molecule has 0 radical (unpaired) electrons. The first-order valence-corrected chi connectivity index (χ1v) is 8.52. The molecule has 0 atom stereocenters. The molecule has 6 heteroatoms. The maximum Gasteiger partial charge on any atom is 0.163 e. The van der Waals surface area contributed by atoms with Gasteiger partial charge < -0.3 is 20.1 Å². The first-order valence-electron chi connectivity index (χ1n) is 8.52. The topological polar surface area (TPSA) is 68.3 Å². The first-order chi connectivity index (χ1) is 13.2. The molecule has 0 amide bonds. The van der Waals surface area contributed by atoms with Gasteiger partial charge in [0.25, 0.3) is 0 Å². The second-order valence-corrected chi connectivity index (χ2v) is 5.69. The van der Waals surface area contributed by atoms with Crippen LogP contribution in [-0.4, -0.2) is 30.7 Å². The lowest BCUT2D eigenvalue weighted by molar-refractivity contribution is 0.405.